The molecule has 1 aromatic rings. The second-order valence-electron chi connectivity index (χ2n) is 5.85. The number of imide groups is 1. The number of nitrogens with zero attached hydrogens (tertiary/aromatic N) is 1. The summed E-state index contributed by atoms with van der Waals surface area (Å²) in [6.07, 6.45) is 1.57. The molecule has 0 bridgehead atoms. The van der Waals surface area contributed by atoms with Gasteiger partial charge in [-0.1, -0.05) is 36.5 Å². The molecule has 0 aliphatic carbocycles. The molecule has 0 unspecified atom stereocenters. The van der Waals surface area contributed by atoms with Gasteiger partial charge in [0, 0.05) is 21.8 Å². The van der Waals surface area contributed by atoms with Gasteiger partial charge in [-0.25, -0.2) is 14.5 Å². The molecule has 0 spiro atoms. The van der Waals surface area contributed by atoms with Gasteiger partial charge in [0.2, 0.25) is 0 Å². The van der Waals surface area contributed by atoms with Crippen molar-refractivity contribution in [1.82, 2.24) is 10.2 Å². The van der Waals surface area contributed by atoms with E-state index in [1.807, 2.05) is 6.92 Å². The van der Waals surface area contributed by atoms with Crippen molar-refractivity contribution in [3.05, 3.63) is 28.2 Å². The van der Waals surface area contributed by atoms with Crippen LogP contribution >= 0.6 is 23.2 Å². The van der Waals surface area contributed by atoms with Crippen molar-refractivity contribution in [2.75, 3.05) is 18.5 Å². The summed E-state index contributed by atoms with van der Waals surface area (Å²) in [6.45, 7) is 5.16. The number of esters is 1. The predicted octanol–water partition coefficient (Wildman–Crippen LogP) is 4.29. The number of nitrogens with one attached hydrogen (secondary N) is 2. The Labute approximate surface area is 163 Å². The van der Waals surface area contributed by atoms with Crippen LogP contribution in [0.4, 0.5) is 15.3 Å². The number of hydrogen-bond acceptors (Lipinski definition) is 4. The van der Waals surface area contributed by atoms with Crippen molar-refractivity contribution in [1.29, 1.82) is 0 Å². The van der Waals surface area contributed by atoms with Gasteiger partial charge in [-0.15, -0.1) is 0 Å². The molecule has 0 saturated heterocycles. The Kier molecular flexibility index (Phi) is 9.23. The first-order valence-electron chi connectivity index (χ1n) is 8.23. The van der Waals surface area contributed by atoms with Gasteiger partial charge in [0.15, 0.2) is 0 Å². The van der Waals surface area contributed by atoms with Crippen LogP contribution in [0, 0.1) is 0 Å². The maximum Gasteiger partial charge on any atom is 0.330 e. The van der Waals surface area contributed by atoms with Gasteiger partial charge in [-0.2, -0.15) is 0 Å². The number of carbonyl (C=O) groups is 3. The lowest BCUT2D eigenvalue weighted by Crippen LogP contribution is -2.50. The molecule has 0 saturated carbocycles. The zero-order valence-corrected chi connectivity index (χ0v) is 16.5. The van der Waals surface area contributed by atoms with E-state index < -0.39 is 24.6 Å². The number of anilines is 1. The standard InChI is InChI=1S/C17H23Cl2N3O4/c1-4-5-6-26-15(23)10-22(16(24)20-11(2)3)17(25)21-14-8-12(18)7-13(19)9-14/h7-9,11H,4-6,10H2,1-3H3,(H,20,24)(H,21,25). The molecule has 0 radical (unpaired) electrons. The van der Waals surface area contributed by atoms with Gasteiger partial charge in [0.25, 0.3) is 0 Å². The average molecular weight is 404 g/mol. The Balaban J connectivity index is 2.86. The predicted molar refractivity (Wildman–Crippen MR) is 102 cm³/mol. The number of unbranched alkanes of at least 4 members (excludes halogenated alkanes) is 1. The van der Waals surface area contributed by atoms with Crippen LogP contribution < -0.4 is 10.6 Å². The molecule has 4 amide bonds. The quantitative estimate of drug-likeness (QED) is 0.524. The van der Waals surface area contributed by atoms with Gasteiger partial charge in [0.1, 0.15) is 6.54 Å². The number of ether oxygens (including phenoxy) is 1. The summed E-state index contributed by atoms with van der Waals surface area (Å²) in [5, 5.41) is 5.72. The number of urea groups is 2. The maximum atomic E-state index is 12.5. The Bertz CT molecular complexity index is 633. The van der Waals surface area contributed by atoms with Crippen LogP contribution in [0.1, 0.15) is 33.6 Å². The molecule has 1 aromatic carbocycles. The molecule has 26 heavy (non-hydrogen) atoms. The Hall–Kier alpha value is -1.99. The minimum Gasteiger partial charge on any atom is -0.464 e. The molecule has 9 heteroatoms. The number of benzene rings is 1. The fraction of sp³-hybridized carbons (Fsp3) is 0.471. The molecule has 0 heterocycles. The first-order valence-corrected chi connectivity index (χ1v) is 8.99. The molecule has 0 fully saturated rings. The summed E-state index contributed by atoms with van der Waals surface area (Å²) in [4.78, 5) is 37.4. The Morgan fingerprint density at radius 2 is 1.73 bits per heavy atom. The summed E-state index contributed by atoms with van der Waals surface area (Å²) >= 11 is 11.8. The highest BCUT2D eigenvalue weighted by Gasteiger charge is 2.25. The fourth-order valence-corrected chi connectivity index (χ4v) is 2.41. The molecular formula is C17H23Cl2N3O4. The molecule has 7 nitrogen and oxygen atoms in total. The minimum absolute atomic E-state index is 0.213. The number of hydrogen-bond donors (Lipinski definition) is 2. The van der Waals surface area contributed by atoms with Crippen LogP contribution in [0.15, 0.2) is 18.2 Å². The van der Waals surface area contributed by atoms with E-state index in [9.17, 15) is 14.4 Å². The van der Waals surface area contributed by atoms with Gasteiger partial charge in [-0.3, -0.25) is 4.79 Å². The molecule has 144 valence electrons. The van der Waals surface area contributed by atoms with Crippen molar-refractivity contribution in [3.63, 3.8) is 0 Å². The average Bonchev–Trinajstić information content (AvgIpc) is 2.50. The highest BCUT2D eigenvalue weighted by Crippen LogP contribution is 2.22. The van der Waals surface area contributed by atoms with Crippen molar-refractivity contribution < 1.29 is 19.1 Å². The van der Waals surface area contributed by atoms with Crippen LogP contribution in [0.3, 0.4) is 0 Å². The molecule has 0 aromatic heterocycles. The summed E-state index contributed by atoms with van der Waals surface area (Å²) < 4.78 is 5.02. The number of carbonyl (C=O) groups excluding carboxylic acids is 3. The van der Waals surface area contributed by atoms with Crippen molar-refractivity contribution in [2.45, 2.75) is 39.7 Å². The summed E-state index contributed by atoms with van der Waals surface area (Å²) in [5.41, 5.74) is 0.300. The topological polar surface area (TPSA) is 87.7 Å². The summed E-state index contributed by atoms with van der Waals surface area (Å²) in [5.74, 6) is -0.670. The van der Waals surface area contributed by atoms with E-state index >= 15 is 0 Å². The summed E-state index contributed by atoms with van der Waals surface area (Å²) in [6, 6.07) is 2.74. The first kappa shape index (κ1) is 22.1. The molecule has 1 rings (SSSR count). The number of amides is 4. The molecule has 2 N–H and O–H groups in total. The lowest BCUT2D eigenvalue weighted by Gasteiger charge is -2.22. The van der Waals surface area contributed by atoms with E-state index in [1.54, 1.807) is 13.8 Å². The van der Waals surface area contributed by atoms with Crippen LogP contribution in [-0.2, 0) is 9.53 Å². The van der Waals surface area contributed by atoms with E-state index in [0.717, 1.165) is 11.3 Å². The third kappa shape index (κ3) is 7.93. The third-order valence-electron chi connectivity index (χ3n) is 3.06. The largest absolute Gasteiger partial charge is 0.464 e. The number of rotatable bonds is 7. The van der Waals surface area contributed by atoms with Crippen LogP contribution in [0.5, 0.6) is 0 Å². The van der Waals surface area contributed by atoms with Gasteiger partial charge in [-0.05, 0) is 38.5 Å². The van der Waals surface area contributed by atoms with Crippen LogP contribution in [-0.4, -0.2) is 42.1 Å². The molecule has 0 aliphatic heterocycles. The van der Waals surface area contributed by atoms with Gasteiger partial charge >= 0.3 is 18.0 Å². The lowest BCUT2D eigenvalue weighted by atomic mass is 10.3. The van der Waals surface area contributed by atoms with Gasteiger partial charge < -0.3 is 15.4 Å². The SMILES string of the molecule is CCCCOC(=O)CN(C(=O)Nc1cc(Cl)cc(Cl)c1)C(=O)NC(C)C. The lowest BCUT2D eigenvalue weighted by molar-refractivity contribution is -0.143. The second-order valence-corrected chi connectivity index (χ2v) is 6.73. The van der Waals surface area contributed by atoms with E-state index in [1.165, 1.54) is 18.2 Å². The zero-order chi connectivity index (χ0) is 19.7. The highest BCUT2D eigenvalue weighted by atomic mass is 35.5. The van der Waals surface area contributed by atoms with Crippen LogP contribution in [0.2, 0.25) is 10.0 Å². The number of halogens is 2. The highest BCUT2D eigenvalue weighted by molar-refractivity contribution is 6.35. The van der Waals surface area contributed by atoms with E-state index in [4.69, 9.17) is 27.9 Å². The molecule has 0 atom stereocenters. The van der Waals surface area contributed by atoms with Crippen molar-refractivity contribution >= 4 is 46.9 Å². The van der Waals surface area contributed by atoms with Crippen molar-refractivity contribution in [3.8, 4) is 0 Å². The second kappa shape index (κ2) is 10.9. The zero-order valence-electron chi connectivity index (χ0n) is 15.0. The van der Waals surface area contributed by atoms with Crippen LogP contribution in [0.25, 0.3) is 0 Å². The summed E-state index contributed by atoms with van der Waals surface area (Å²) in [7, 11) is 0. The van der Waals surface area contributed by atoms with E-state index in [-0.39, 0.29) is 12.6 Å². The third-order valence-corrected chi connectivity index (χ3v) is 3.50. The smallest absolute Gasteiger partial charge is 0.330 e. The molecular weight excluding hydrogens is 381 g/mol. The fourth-order valence-electron chi connectivity index (χ4n) is 1.88. The minimum atomic E-state index is -0.797. The van der Waals surface area contributed by atoms with E-state index in [0.29, 0.717) is 22.2 Å². The van der Waals surface area contributed by atoms with E-state index in [2.05, 4.69) is 10.6 Å². The maximum absolute atomic E-state index is 12.5. The first-order chi connectivity index (χ1) is 12.2. The monoisotopic (exact) mass is 403 g/mol. The van der Waals surface area contributed by atoms with Crippen molar-refractivity contribution in [2.24, 2.45) is 0 Å². The molecule has 0 aliphatic rings. The Morgan fingerprint density at radius 3 is 2.27 bits per heavy atom. The normalized spacial score (nSPS) is 10.4. The van der Waals surface area contributed by atoms with Gasteiger partial charge in [0.05, 0.1) is 6.61 Å². The Morgan fingerprint density at radius 1 is 1.12 bits per heavy atom.